The highest BCUT2D eigenvalue weighted by molar-refractivity contribution is 6.07. The molecule has 0 spiro atoms. The summed E-state index contributed by atoms with van der Waals surface area (Å²) in [5, 5.41) is 18.8. The fraction of sp³-hybridized carbons (Fsp3) is 0.353. The van der Waals surface area contributed by atoms with Crippen LogP contribution in [0.1, 0.15) is 42.5 Å². The third-order valence-electron chi connectivity index (χ3n) is 4.01. The highest BCUT2D eigenvalue weighted by Crippen LogP contribution is 2.34. The fourth-order valence-corrected chi connectivity index (χ4v) is 2.94. The molecule has 1 fully saturated rings. The number of carboxylic acid groups (broad SMARTS) is 2. The van der Waals surface area contributed by atoms with Gasteiger partial charge in [0.05, 0.1) is 11.1 Å². The van der Waals surface area contributed by atoms with E-state index in [1.807, 2.05) is 0 Å². The van der Waals surface area contributed by atoms with E-state index in [-0.39, 0.29) is 22.8 Å². The summed E-state index contributed by atoms with van der Waals surface area (Å²) in [5.74, 6) is -3.21. The fourth-order valence-electron chi connectivity index (χ4n) is 2.94. The largest absolute Gasteiger partial charge is 0.478 e. The van der Waals surface area contributed by atoms with Crippen molar-refractivity contribution < 1.29 is 24.6 Å². The lowest BCUT2D eigenvalue weighted by Crippen LogP contribution is -2.19. The molecule has 5 nitrogen and oxygen atoms in total. The Kier molecular flexibility index (Phi) is 5.09. The summed E-state index contributed by atoms with van der Waals surface area (Å²) in [7, 11) is 0. The molecule has 1 aromatic rings. The van der Waals surface area contributed by atoms with Crippen molar-refractivity contribution in [3.05, 3.63) is 47.0 Å². The highest BCUT2D eigenvalue weighted by Gasteiger charge is 2.31. The summed E-state index contributed by atoms with van der Waals surface area (Å²) in [6.45, 7) is 0. The van der Waals surface area contributed by atoms with Crippen LogP contribution < -0.4 is 0 Å². The van der Waals surface area contributed by atoms with Crippen LogP contribution >= 0.6 is 0 Å². The second kappa shape index (κ2) is 7.02. The molecule has 2 N–H and O–H groups in total. The van der Waals surface area contributed by atoms with E-state index >= 15 is 0 Å². The van der Waals surface area contributed by atoms with E-state index in [0.29, 0.717) is 18.4 Å². The van der Waals surface area contributed by atoms with Crippen molar-refractivity contribution in [3.8, 4) is 0 Å². The van der Waals surface area contributed by atoms with Gasteiger partial charge in [-0.3, -0.25) is 4.79 Å². The lowest BCUT2D eigenvalue weighted by molar-refractivity contribution is -0.136. The summed E-state index contributed by atoms with van der Waals surface area (Å²) in [6.07, 6.45) is 2.72. The zero-order valence-corrected chi connectivity index (χ0v) is 12.1. The van der Waals surface area contributed by atoms with Gasteiger partial charge in [-0.15, -0.1) is 0 Å². The second-order valence-corrected chi connectivity index (χ2v) is 5.45. The van der Waals surface area contributed by atoms with Crippen LogP contribution in [0.4, 0.5) is 0 Å². The van der Waals surface area contributed by atoms with Gasteiger partial charge >= 0.3 is 11.9 Å². The van der Waals surface area contributed by atoms with Crippen LogP contribution in [0.3, 0.4) is 0 Å². The molecule has 5 heteroatoms. The molecule has 0 aliphatic heterocycles. The summed E-state index contributed by atoms with van der Waals surface area (Å²) >= 11 is 0. The van der Waals surface area contributed by atoms with Crippen molar-refractivity contribution in [3.63, 3.8) is 0 Å². The lowest BCUT2D eigenvalue weighted by atomic mass is 9.89. The Bertz CT molecular complexity index is 609. The minimum atomic E-state index is -1.33. The van der Waals surface area contributed by atoms with Crippen molar-refractivity contribution in [1.82, 2.24) is 0 Å². The highest BCUT2D eigenvalue weighted by atomic mass is 16.4. The Hall–Kier alpha value is -2.43. The third kappa shape index (κ3) is 3.61. The number of ketones is 1. The molecule has 0 saturated heterocycles. The molecule has 1 aliphatic carbocycles. The predicted molar refractivity (Wildman–Crippen MR) is 79.6 cm³/mol. The van der Waals surface area contributed by atoms with Crippen LogP contribution in [-0.4, -0.2) is 27.9 Å². The van der Waals surface area contributed by atoms with Crippen molar-refractivity contribution in [1.29, 1.82) is 0 Å². The van der Waals surface area contributed by atoms with Crippen LogP contribution in [0.5, 0.6) is 0 Å². The molecule has 0 aromatic heterocycles. The van der Waals surface area contributed by atoms with E-state index in [4.69, 9.17) is 0 Å². The second-order valence-electron chi connectivity index (χ2n) is 5.45. The van der Waals surface area contributed by atoms with Gasteiger partial charge in [0.15, 0.2) is 5.78 Å². The number of carbonyl (C=O) groups excluding carboxylic acids is 1. The molecular formula is C17H18O5. The summed E-state index contributed by atoms with van der Waals surface area (Å²) in [6, 6.07) is 8.32. The maximum Gasteiger partial charge on any atom is 0.332 e. The molecule has 0 atom stereocenters. The van der Waals surface area contributed by atoms with E-state index in [1.54, 1.807) is 30.3 Å². The van der Waals surface area contributed by atoms with Crippen LogP contribution in [0, 0.1) is 5.92 Å². The smallest absolute Gasteiger partial charge is 0.332 e. The molecule has 2 rings (SSSR count). The number of benzene rings is 1. The van der Waals surface area contributed by atoms with Gasteiger partial charge in [0.1, 0.15) is 0 Å². The molecule has 0 heterocycles. The standard InChI is InChI=1S/C17H18O5/c18-14(11-6-2-1-3-7-11)10-13(16(19)20)15(17(21)22)12-8-4-5-9-12/h1-3,6-7,12H,4-5,8-10H2,(H,19,20)(H,21,22)/b15-13+. The quantitative estimate of drug-likeness (QED) is 0.622. The van der Waals surface area contributed by atoms with Crippen LogP contribution in [0.25, 0.3) is 0 Å². The molecule has 0 bridgehead atoms. The van der Waals surface area contributed by atoms with Gasteiger partial charge in [0.2, 0.25) is 0 Å². The number of carbonyl (C=O) groups is 3. The van der Waals surface area contributed by atoms with Crippen molar-refractivity contribution in [2.24, 2.45) is 5.92 Å². The van der Waals surface area contributed by atoms with E-state index in [2.05, 4.69) is 0 Å². The zero-order chi connectivity index (χ0) is 16.1. The number of carboxylic acids is 2. The van der Waals surface area contributed by atoms with E-state index < -0.39 is 18.4 Å². The molecule has 0 amide bonds. The first-order valence-electron chi connectivity index (χ1n) is 7.28. The number of hydrogen-bond acceptors (Lipinski definition) is 3. The Labute approximate surface area is 128 Å². The topological polar surface area (TPSA) is 91.7 Å². The predicted octanol–water partition coefficient (Wildman–Crippen LogP) is 2.92. The van der Waals surface area contributed by atoms with Crippen molar-refractivity contribution in [2.75, 3.05) is 0 Å². The molecule has 1 aromatic carbocycles. The number of Topliss-reactive ketones (excluding diaryl/α,β-unsaturated/α-hetero) is 1. The molecule has 1 saturated carbocycles. The Morgan fingerprint density at radius 1 is 0.955 bits per heavy atom. The first-order chi connectivity index (χ1) is 10.5. The normalized spacial score (nSPS) is 16.2. The van der Waals surface area contributed by atoms with Crippen LogP contribution in [0.15, 0.2) is 41.5 Å². The van der Waals surface area contributed by atoms with E-state index in [9.17, 15) is 24.6 Å². The van der Waals surface area contributed by atoms with E-state index in [1.165, 1.54) is 0 Å². The Balaban J connectivity index is 2.35. The summed E-state index contributed by atoms with van der Waals surface area (Å²) in [4.78, 5) is 35.2. The summed E-state index contributed by atoms with van der Waals surface area (Å²) in [5.41, 5.74) is -0.0000510. The SMILES string of the molecule is O=C(O)/C(CC(=O)c1ccccc1)=C(/C(=O)O)C1CCCC1. The minimum absolute atomic E-state index is 0.103. The molecule has 0 radical (unpaired) electrons. The average Bonchev–Trinajstić information content (AvgIpc) is 3.00. The minimum Gasteiger partial charge on any atom is -0.478 e. The van der Waals surface area contributed by atoms with Crippen molar-refractivity contribution >= 4 is 17.7 Å². The summed E-state index contributed by atoms with van der Waals surface area (Å²) < 4.78 is 0. The average molecular weight is 302 g/mol. The van der Waals surface area contributed by atoms with Gasteiger partial charge < -0.3 is 10.2 Å². The van der Waals surface area contributed by atoms with Crippen LogP contribution in [-0.2, 0) is 9.59 Å². The van der Waals surface area contributed by atoms with Gasteiger partial charge in [-0.25, -0.2) is 9.59 Å². The number of aliphatic carboxylic acids is 2. The Morgan fingerprint density at radius 2 is 1.55 bits per heavy atom. The lowest BCUT2D eigenvalue weighted by Gasteiger charge is -2.14. The Morgan fingerprint density at radius 3 is 2.05 bits per heavy atom. The monoisotopic (exact) mass is 302 g/mol. The van der Waals surface area contributed by atoms with Gasteiger partial charge in [-0.2, -0.15) is 0 Å². The molecule has 116 valence electrons. The number of rotatable bonds is 6. The molecule has 0 unspecified atom stereocenters. The molecule has 1 aliphatic rings. The first kappa shape index (κ1) is 15.9. The number of hydrogen-bond donors (Lipinski definition) is 2. The van der Waals surface area contributed by atoms with Gasteiger partial charge in [0.25, 0.3) is 0 Å². The molecule has 22 heavy (non-hydrogen) atoms. The maximum atomic E-state index is 12.2. The van der Waals surface area contributed by atoms with E-state index in [0.717, 1.165) is 12.8 Å². The first-order valence-corrected chi connectivity index (χ1v) is 7.28. The van der Waals surface area contributed by atoms with Gasteiger partial charge in [-0.05, 0) is 18.8 Å². The van der Waals surface area contributed by atoms with Gasteiger partial charge in [-0.1, -0.05) is 43.2 Å². The van der Waals surface area contributed by atoms with Crippen LogP contribution in [0.2, 0.25) is 0 Å². The van der Waals surface area contributed by atoms with Crippen molar-refractivity contribution in [2.45, 2.75) is 32.1 Å². The third-order valence-corrected chi connectivity index (χ3v) is 4.01. The maximum absolute atomic E-state index is 12.2. The van der Waals surface area contributed by atoms with Gasteiger partial charge in [0, 0.05) is 12.0 Å². The molecular weight excluding hydrogens is 284 g/mol. The zero-order valence-electron chi connectivity index (χ0n) is 12.1.